The number of ketones is 1. The number of rotatable bonds is 1. The SMILES string of the molecule is [2H]C1([2H])CC2=C3CC[C@@]4(C)[C@@H](CC[C@@]4(O)C([2H])([2H])C#N)[C@@H]3CCC2=CC1=O. The number of hydrogen-bond donors (Lipinski definition) is 1. The van der Waals surface area contributed by atoms with Gasteiger partial charge in [0.05, 0.1) is 18.0 Å². The Morgan fingerprint density at radius 3 is 3.04 bits per heavy atom. The number of nitrogens with zero attached hydrogens (tertiary/aromatic N) is 1. The molecule has 0 radical (unpaired) electrons. The summed E-state index contributed by atoms with van der Waals surface area (Å²) in [4.78, 5) is 12.0. The summed E-state index contributed by atoms with van der Waals surface area (Å²) in [6.07, 6.45) is 1.20. The molecule has 0 spiro atoms. The molecule has 0 heterocycles. The van der Waals surface area contributed by atoms with Gasteiger partial charge < -0.3 is 5.11 Å². The number of carbonyl (C=O) groups is 1. The van der Waals surface area contributed by atoms with Crippen LogP contribution in [0.3, 0.4) is 0 Å². The van der Waals surface area contributed by atoms with Gasteiger partial charge in [0.2, 0.25) is 0 Å². The van der Waals surface area contributed by atoms with Gasteiger partial charge in [-0.25, -0.2) is 0 Å². The highest BCUT2D eigenvalue weighted by Crippen LogP contribution is 2.64. The second-order valence-electron chi connectivity index (χ2n) is 7.70. The summed E-state index contributed by atoms with van der Waals surface area (Å²) in [6.45, 7) is 1.93. The molecular formula is C20H25NO2. The standard InChI is InChI=1S/C20H25NO2/c1-19-8-6-16-15-5-3-14(22)12-13(15)2-4-17(16)18(19)7-9-20(19,23)10-11-21/h12,17-18,23H,2-10H2,1H3/t17-,18+,19+,20-/m1/s1/i3D2,10D2. The molecule has 0 aliphatic heterocycles. The van der Waals surface area contributed by atoms with E-state index in [1.165, 1.54) is 11.6 Å². The molecule has 0 aromatic rings. The van der Waals surface area contributed by atoms with Gasteiger partial charge in [0, 0.05) is 17.3 Å². The van der Waals surface area contributed by atoms with Crippen LogP contribution in [0.1, 0.15) is 70.1 Å². The topological polar surface area (TPSA) is 61.1 Å². The number of carbonyl (C=O) groups excluding carboxylic acids is 1. The zero-order valence-electron chi connectivity index (χ0n) is 17.5. The van der Waals surface area contributed by atoms with E-state index in [-0.39, 0.29) is 24.7 Å². The van der Waals surface area contributed by atoms with Gasteiger partial charge in [-0.3, -0.25) is 4.79 Å². The Kier molecular flexibility index (Phi) is 2.46. The maximum Gasteiger partial charge on any atom is 0.156 e. The normalized spacial score (nSPS) is 47.9. The Labute approximate surface area is 143 Å². The highest BCUT2D eigenvalue weighted by molar-refractivity contribution is 5.93. The van der Waals surface area contributed by atoms with Crippen molar-refractivity contribution in [3.05, 3.63) is 22.8 Å². The molecule has 2 fully saturated rings. The van der Waals surface area contributed by atoms with E-state index < -0.39 is 29.5 Å². The number of hydrogen-bond acceptors (Lipinski definition) is 3. The van der Waals surface area contributed by atoms with Crippen LogP contribution in [0.15, 0.2) is 22.8 Å². The van der Waals surface area contributed by atoms with Crippen molar-refractivity contribution in [2.24, 2.45) is 17.3 Å². The molecule has 3 nitrogen and oxygen atoms in total. The van der Waals surface area contributed by atoms with Gasteiger partial charge in [0.1, 0.15) is 0 Å². The highest BCUT2D eigenvalue weighted by Gasteiger charge is 2.60. The number of allylic oxidation sites excluding steroid dienone is 4. The Hall–Kier alpha value is -1.40. The highest BCUT2D eigenvalue weighted by atomic mass is 16.3. The Morgan fingerprint density at radius 1 is 1.43 bits per heavy atom. The van der Waals surface area contributed by atoms with Gasteiger partial charge in [-0.15, -0.1) is 0 Å². The van der Waals surface area contributed by atoms with Crippen LogP contribution in [0, 0.1) is 28.6 Å². The summed E-state index contributed by atoms with van der Waals surface area (Å²) in [6, 6.07) is 1.69. The lowest BCUT2D eigenvalue weighted by molar-refractivity contribution is -0.114. The molecule has 4 rings (SSSR count). The summed E-state index contributed by atoms with van der Waals surface area (Å²) < 4.78 is 32.3. The molecule has 0 bridgehead atoms. The number of aliphatic hydroxyl groups is 1. The summed E-state index contributed by atoms with van der Waals surface area (Å²) in [5.41, 5.74) is 0.810. The molecule has 0 aromatic carbocycles. The lowest BCUT2D eigenvalue weighted by atomic mass is 9.54. The van der Waals surface area contributed by atoms with Crippen LogP contribution in [-0.2, 0) is 4.79 Å². The van der Waals surface area contributed by atoms with E-state index in [9.17, 15) is 15.2 Å². The van der Waals surface area contributed by atoms with Gasteiger partial charge in [-0.2, -0.15) is 5.26 Å². The zero-order valence-corrected chi connectivity index (χ0v) is 13.5. The van der Waals surface area contributed by atoms with Crippen LogP contribution in [0.2, 0.25) is 0 Å². The predicted octanol–water partition coefficient (Wildman–Crippen LogP) is 3.84. The van der Waals surface area contributed by atoms with Gasteiger partial charge >= 0.3 is 0 Å². The molecule has 0 amide bonds. The minimum Gasteiger partial charge on any atom is -0.388 e. The van der Waals surface area contributed by atoms with E-state index >= 15 is 0 Å². The van der Waals surface area contributed by atoms with Crippen molar-refractivity contribution in [1.82, 2.24) is 0 Å². The van der Waals surface area contributed by atoms with E-state index in [4.69, 9.17) is 5.48 Å². The maximum absolute atomic E-state index is 12.0. The Balaban J connectivity index is 1.76. The Morgan fingerprint density at radius 2 is 2.26 bits per heavy atom. The molecule has 1 N–H and O–H groups in total. The Bertz CT molecular complexity index is 824. The van der Waals surface area contributed by atoms with Crippen molar-refractivity contribution in [1.29, 1.82) is 5.26 Å². The van der Waals surface area contributed by atoms with E-state index in [0.29, 0.717) is 19.3 Å². The molecule has 0 aromatic heterocycles. The van der Waals surface area contributed by atoms with Crippen molar-refractivity contribution < 1.29 is 15.4 Å². The first-order valence-corrected chi connectivity index (χ1v) is 8.58. The summed E-state index contributed by atoms with van der Waals surface area (Å²) in [7, 11) is 0. The smallest absolute Gasteiger partial charge is 0.156 e. The van der Waals surface area contributed by atoms with E-state index in [2.05, 4.69) is 0 Å². The van der Waals surface area contributed by atoms with Crippen molar-refractivity contribution >= 4 is 5.78 Å². The maximum atomic E-state index is 12.0. The zero-order chi connectivity index (χ0) is 19.8. The number of nitriles is 1. The minimum atomic E-state index is -2.30. The first-order chi connectivity index (χ1) is 12.5. The molecule has 4 aliphatic rings. The van der Waals surface area contributed by atoms with Crippen molar-refractivity contribution in [3.63, 3.8) is 0 Å². The third kappa shape index (κ3) is 2.01. The first kappa shape index (κ1) is 11.2. The minimum absolute atomic E-state index is 0.0761. The van der Waals surface area contributed by atoms with Crippen molar-refractivity contribution in [2.75, 3.05) is 0 Å². The fourth-order valence-electron chi connectivity index (χ4n) is 5.62. The fraction of sp³-hybridized carbons (Fsp3) is 0.700. The predicted molar refractivity (Wildman–Crippen MR) is 87.3 cm³/mol. The monoisotopic (exact) mass is 315 g/mol. The molecule has 2 saturated carbocycles. The molecule has 0 unspecified atom stereocenters. The first-order valence-electron chi connectivity index (χ1n) is 10.6. The molecule has 122 valence electrons. The van der Waals surface area contributed by atoms with Crippen LogP contribution in [0.25, 0.3) is 0 Å². The number of fused-ring (bicyclic) bond motifs is 4. The van der Waals surface area contributed by atoms with Crippen molar-refractivity contribution in [3.8, 4) is 6.07 Å². The van der Waals surface area contributed by atoms with Gasteiger partial charge in [-0.1, -0.05) is 12.5 Å². The molecule has 0 saturated heterocycles. The van der Waals surface area contributed by atoms with Gasteiger partial charge in [0.15, 0.2) is 5.78 Å². The average molecular weight is 315 g/mol. The van der Waals surface area contributed by atoms with E-state index in [0.717, 1.165) is 24.0 Å². The fourth-order valence-corrected chi connectivity index (χ4v) is 5.62. The molecule has 3 heteroatoms. The van der Waals surface area contributed by atoms with E-state index in [1.807, 2.05) is 6.92 Å². The van der Waals surface area contributed by atoms with Crippen LogP contribution in [-0.4, -0.2) is 16.5 Å². The summed E-state index contributed by atoms with van der Waals surface area (Å²) >= 11 is 0. The van der Waals surface area contributed by atoms with Crippen molar-refractivity contribution in [2.45, 2.75) is 70.2 Å². The molecule has 4 aliphatic carbocycles. The third-order valence-electron chi connectivity index (χ3n) is 6.93. The average Bonchev–Trinajstić information content (AvgIpc) is 2.89. The third-order valence-corrected chi connectivity index (χ3v) is 6.93. The summed E-state index contributed by atoms with van der Waals surface area (Å²) in [5.74, 6) is -0.200. The summed E-state index contributed by atoms with van der Waals surface area (Å²) in [5, 5.41) is 20.6. The van der Waals surface area contributed by atoms with Gasteiger partial charge in [0.25, 0.3) is 0 Å². The van der Waals surface area contributed by atoms with E-state index in [1.54, 1.807) is 6.07 Å². The lowest BCUT2D eigenvalue weighted by Gasteiger charge is -2.51. The lowest BCUT2D eigenvalue weighted by Crippen LogP contribution is -2.49. The molecule has 4 atom stereocenters. The molecular weight excluding hydrogens is 286 g/mol. The van der Waals surface area contributed by atoms with Crippen LogP contribution in [0.5, 0.6) is 0 Å². The second kappa shape index (κ2) is 5.05. The largest absolute Gasteiger partial charge is 0.388 e. The van der Waals surface area contributed by atoms with Crippen LogP contribution in [0.4, 0.5) is 0 Å². The van der Waals surface area contributed by atoms with Gasteiger partial charge in [-0.05, 0) is 74.0 Å². The van der Waals surface area contributed by atoms with Crippen LogP contribution >= 0.6 is 0 Å². The molecule has 23 heavy (non-hydrogen) atoms. The van der Waals surface area contributed by atoms with Crippen LogP contribution < -0.4 is 0 Å². The second-order valence-corrected chi connectivity index (χ2v) is 7.70. The quantitative estimate of drug-likeness (QED) is 0.800.